The van der Waals surface area contributed by atoms with Crippen molar-refractivity contribution in [3.63, 3.8) is 0 Å². The number of carbonyl (C=O) groups excluding carboxylic acids is 1. The minimum atomic E-state index is -3.86. The van der Waals surface area contributed by atoms with Crippen molar-refractivity contribution >= 4 is 25.6 Å². The maximum absolute atomic E-state index is 11.9. The van der Waals surface area contributed by atoms with E-state index in [4.69, 9.17) is 15.4 Å². The Morgan fingerprint density at radius 2 is 2.10 bits per heavy atom. The van der Waals surface area contributed by atoms with Crippen LogP contribution < -0.4 is 5.32 Å². The quantitative estimate of drug-likeness (QED) is 0.616. The van der Waals surface area contributed by atoms with Crippen LogP contribution in [0.4, 0.5) is 0 Å². The van der Waals surface area contributed by atoms with Crippen molar-refractivity contribution in [2.24, 2.45) is 0 Å². The fourth-order valence-corrected chi connectivity index (χ4v) is 2.96. The molecule has 0 spiro atoms. The van der Waals surface area contributed by atoms with Crippen molar-refractivity contribution in [1.82, 2.24) is 5.32 Å². The first-order chi connectivity index (χ1) is 9.40. The van der Waals surface area contributed by atoms with Gasteiger partial charge in [-0.25, -0.2) is 8.42 Å². The summed E-state index contributed by atoms with van der Waals surface area (Å²) < 4.78 is 27.9. The molecule has 112 valence electrons. The Bertz CT molecular complexity index is 572. The first-order valence-corrected chi connectivity index (χ1v) is 8.55. The van der Waals surface area contributed by atoms with Gasteiger partial charge in [0.05, 0.1) is 4.90 Å². The fourth-order valence-electron chi connectivity index (χ4n) is 1.74. The number of halogens is 1. The molecule has 0 fully saturated rings. The molecule has 0 radical (unpaired) electrons. The van der Waals surface area contributed by atoms with Gasteiger partial charge in [-0.1, -0.05) is 13.0 Å². The third kappa shape index (κ3) is 4.77. The average Bonchev–Trinajstić information content (AvgIpc) is 2.41. The van der Waals surface area contributed by atoms with Crippen molar-refractivity contribution in [3.05, 3.63) is 29.3 Å². The molecule has 1 amide bonds. The summed E-state index contributed by atoms with van der Waals surface area (Å²) in [5, 5.41) is 2.69. The molecular formula is C13H18ClNO4S. The van der Waals surface area contributed by atoms with E-state index < -0.39 is 9.05 Å². The van der Waals surface area contributed by atoms with Crippen molar-refractivity contribution < 1.29 is 17.9 Å². The lowest BCUT2D eigenvalue weighted by Crippen LogP contribution is -2.25. The number of nitrogens with one attached hydrogen (secondary N) is 1. The number of aryl methyl sites for hydroxylation is 1. The predicted molar refractivity (Wildman–Crippen MR) is 77.7 cm³/mol. The van der Waals surface area contributed by atoms with E-state index in [-0.39, 0.29) is 16.4 Å². The molecule has 0 aliphatic heterocycles. The molecule has 0 aliphatic carbocycles. The van der Waals surface area contributed by atoms with Gasteiger partial charge in [-0.2, -0.15) is 0 Å². The standard InChI is InChI=1S/C13H18ClNO4S/c1-3-10-5-6-11(9-12(10)20(14,17)18)13(16)15-7-4-8-19-2/h5-6,9H,3-4,7-8H2,1-2H3,(H,15,16). The Balaban J connectivity index is 2.89. The summed E-state index contributed by atoms with van der Waals surface area (Å²) in [6, 6.07) is 4.52. The Hall–Kier alpha value is -1.11. The minimum Gasteiger partial charge on any atom is -0.385 e. The van der Waals surface area contributed by atoms with Crippen LogP contribution in [0.3, 0.4) is 0 Å². The van der Waals surface area contributed by atoms with E-state index in [0.717, 1.165) is 0 Å². The zero-order valence-corrected chi connectivity index (χ0v) is 13.1. The predicted octanol–water partition coefficient (Wildman–Crippen LogP) is 1.94. The largest absolute Gasteiger partial charge is 0.385 e. The van der Waals surface area contributed by atoms with Crippen LogP contribution in [0.15, 0.2) is 23.1 Å². The number of hydrogen-bond donors (Lipinski definition) is 1. The van der Waals surface area contributed by atoms with Crippen LogP contribution in [-0.4, -0.2) is 34.6 Å². The van der Waals surface area contributed by atoms with Gasteiger partial charge in [0.25, 0.3) is 15.0 Å². The van der Waals surface area contributed by atoms with Gasteiger partial charge in [-0.05, 0) is 30.5 Å². The molecule has 0 bridgehead atoms. The van der Waals surface area contributed by atoms with E-state index in [1.807, 2.05) is 6.92 Å². The zero-order valence-electron chi connectivity index (χ0n) is 11.5. The SMILES string of the molecule is CCc1ccc(C(=O)NCCCOC)cc1S(=O)(=O)Cl. The average molecular weight is 320 g/mol. The van der Waals surface area contributed by atoms with Crippen LogP contribution in [0, 0.1) is 0 Å². The molecule has 0 unspecified atom stereocenters. The van der Waals surface area contributed by atoms with Crippen molar-refractivity contribution in [1.29, 1.82) is 0 Å². The molecule has 0 heterocycles. The highest BCUT2D eigenvalue weighted by atomic mass is 35.7. The van der Waals surface area contributed by atoms with Gasteiger partial charge >= 0.3 is 0 Å². The van der Waals surface area contributed by atoms with Crippen LogP contribution in [-0.2, 0) is 20.2 Å². The van der Waals surface area contributed by atoms with E-state index in [1.54, 1.807) is 19.2 Å². The second-order valence-electron chi connectivity index (χ2n) is 4.22. The van der Waals surface area contributed by atoms with Gasteiger partial charge in [-0.15, -0.1) is 0 Å². The molecule has 0 aliphatic rings. The maximum Gasteiger partial charge on any atom is 0.261 e. The van der Waals surface area contributed by atoms with Crippen molar-refractivity contribution in [2.45, 2.75) is 24.7 Å². The number of benzene rings is 1. The van der Waals surface area contributed by atoms with Crippen LogP contribution in [0.2, 0.25) is 0 Å². The van der Waals surface area contributed by atoms with E-state index in [1.165, 1.54) is 6.07 Å². The monoisotopic (exact) mass is 319 g/mol. The minimum absolute atomic E-state index is 0.00814. The molecule has 0 atom stereocenters. The highest BCUT2D eigenvalue weighted by Gasteiger charge is 2.17. The van der Waals surface area contributed by atoms with Crippen molar-refractivity contribution in [3.8, 4) is 0 Å². The molecule has 1 N–H and O–H groups in total. The third-order valence-corrected chi connectivity index (χ3v) is 4.19. The van der Waals surface area contributed by atoms with Crippen LogP contribution in [0.25, 0.3) is 0 Å². The van der Waals surface area contributed by atoms with E-state index in [0.29, 0.717) is 31.6 Å². The van der Waals surface area contributed by atoms with Gasteiger partial charge in [0, 0.05) is 36.5 Å². The van der Waals surface area contributed by atoms with Gasteiger partial charge in [0.1, 0.15) is 0 Å². The lowest BCUT2D eigenvalue weighted by Gasteiger charge is -2.09. The summed E-state index contributed by atoms with van der Waals surface area (Å²) in [5.74, 6) is -0.328. The summed E-state index contributed by atoms with van der Waals surface area (Å²) in [4.78, 5) is 11.9. The molecule has 5 nitrogen and oxygen atoms in total. The Kier molecular flexibility index (Phi) is 6.45. The lowest BCUT2D eigenvalue weighted by atomic mass is 10.1. The first kappa shape index (κ1) is 16.9. The molecular weight excluding hydrogens is 302 g/mol. The molecule has 1 aromatic rings. The van der Waals surface area contributed by atoms with Crippen LogP contribution >= 0.6 is 10.7 Å². The number of carbonyl (C=O) groups is 1. The van der Waals surface area contributed by atoms with Gasteiger partial charge in [0.15, 0.2) is 0 Å². The van der Waals surface area contributed by atoms with Crippen LogP contribution in [0.5, 0.6) is 0 Å². The Morgan fingerprint density at radius 3 is 2.65 bits per heavy atom. The molecule has 7 heteroatoms. The topological polar surface area (TPSA) is 72.5 Å². The lowest BCUT2D eigenvalue weighted by molar-refractivity contribution is 0.0948. The third-order valence-electron chi connectivity index (χ3n) is 2.78. The highest BCUT2D eigenvalue weighted by molar-refractivity contribution is 8.13. The zero-order chi connectivity index (χ0) is 15.2. The van der Waals surface area contributed by atoms with Crippen LogP contribution in [0.1, 0.15) is 29.3 Å². The smallest absolute Gasteiger partial charge is 0.261 e. The number of ether oxygens (including phenoxy) is 1. The molecule has 0 saturated carbocycles. The van der Waals surface area contributed by atoms with E-state index >= 15 is 0 Å². The normalized spacial score (nSPS) is 11.3. The molecule has 20 heavy (non-hydrogen) atoms. The second kappa shape index (κ2) is 7.61. The van der Waals surface area contributed by atoms with Gasteiger partial charge in [0.2, 0.25) is 0 Å². The van der Waals surface area contributed by atoms with Crippen molar-refractivity contribution in [2.75, 3.05) is 20.3 Å². The maximum atomic E-state index is 11.9. The van der Waals surface area contributed by atoms with E-state index in [2.05, 4.69) is 5.32 Å². The highest BCUT2D eigenvalue weighted by Crippen LogP contribution is 2.22. The molecule has 1 rings (SSSR count). The Labute approximate surface area is 123 Å². The number of hydrogen-bond acceptors (Lipinski definition) is 4. The Morgan fingerprint density at radius 1 is 1.40 bits per heavy atom. The molecule has 0 aromatic heterocycles. The fraction of sp³-hybridized carbons (Fsp3) is 0.462. The number of rotatable bonds is 7. The summed E-state index contributed by atoms with van der Waals surface area (Å²) >= 11 is 0. The number of methoxy groups -OCH3 is 1. The molecule has 0 saturated heterocycles. The van der Waals surface area contributed by atoms with Gasteiger partial charge in [-0.3, -0.25) is 4.79 Å². The summed E-state index contributed by atoms with van der Waals surface area (Å²) in [5.41, 5.74) is 0.870. The summed E-state index contributed by atoms with van der Waals surface area (Å²) in [6.07, 6.45) is 1.22. The first-order valence-electron chi connectivity index (χ1n) is 6.25. The number of amides is 1. The second-order valence-corrected chi connectivity index (χ2v) is 6.75. The van der Waals surface area contributed by atoms with E-state index in [9.17, 15) is 13.2 Å². The summed E-state index contributed by atoms with van der Waals surface area (Å²) in [6.45, 7) is 2.84. The van der Waals surface area contributed by atoms with Gasteiger partial charge < -0.3 is 10.1 Å². The summed E-state index contributed by atoms with van der Waals surface area (Å²) in [7, 11) is 3.12. The molecule has 1 aromatic carbocycles.